The Morgan fingerprint density at radius 3 is 2.92 bits per heavy atom. The smallest absolute Gasteiger partial charge is 0.0901 e. The summed E-state index contributed by atoms with van der Waals surface area (Å²) in [7, 11) is 0. The molecule has 0 N–H and O–H groups in total. The van der Waals surface area contributed by atoms with E-state index in [9.17, 15) is 0 Å². The van der Waals surface area contributed by atoms with Crippen LogP contribution in [0.15, 0.2) is 29.9 Å². The van der Waals surface area contributed by atoms with Crippen molar-refractivity contribution in [3.63, 3.8) is 0 Å². The third kappa shape index (κ3) is 1.36. The zero-order valence-corrected chi connectivity index (χ0v) is 7.51. The summed E-state index contributed by atoms with van der Waals surface area (Å²) in [6.07, 6.45) is 3.59. The number of rotatable bonds is 1. The van der Waals surface area contributed by atoms with Gasteiger partial charge in [-0.25, -0.2) is 4.98 Å². The Hall–Kier alpha value is -1.22. The number of hydrogen-bond donors (Lipinski definition) is 0. The van der Waals surface area contributed by atoms with Gasteiger partial charge in [-0.2, -0.15) is 0 Å². The van der Waals surface area contributed by atoms with E-state index < -0.39 is 0 Å². The lowest BCUT2D eigenvalue weighted by Gasteiger charge is -1.92. The van der Waals surface area contributed by atoms with Crippen LogP contribution in [0.5, 0.6) is 0 Å². The lowest BCUT2D eigenvalue weighted by molar-refractivity contribution is 1.27. The highest BCUT2D eigenvalue weighted by Gasteiger charge is 1.99. The van der Waals surface area contributed by atoms with Gasteiger partial charge in [-0.15, -0.1) is 11.3 Å². The number of aryl methyl sites for hydroxylation is 1. The second-order valence-electron chi connectivity index (χ2n) is 2.49. The van der Waals surface area contributed by atoms with Crippen LogP contribution in [0.4, 0.5) is 0 Å². The van der Waals surface area contributed by atoms with E-state index in [4.69, 9.17) is 0 Å². The minimum Gasteiger partial charge on any atom is -0.264 e. The maximum Gasteiger partial charge on any atom is 0.0901 e. The van der Waals surface area contributed by atoms with Gasteiger partial charge in [-0.3, -0.25) is 4.98 Å². The Kier molecular flexibility index (Phi) is 1.87. The molecule has 2 rings (SSSR count). The molecule has 0 fully saturated rings. The summed E-state index contributed by atoms with van der Waals surface area (Å²) in [4.78, 5) is 8.39. The van der Waals surface area contributed by atoms with Gasteiger partial charge in [0.2, 0.25) is 0 Å². The highest BCUT2D eigenvalue weighted by molar-refractivity contribution is 7.09. The van der Waals surface area contributed by atoms with E-state index in [-0.39, 0.29) is 0 Å². The van der Waals surface area contributed by atoms with Gasteiger partial charge in [0, 0.05) is 23.3 Å². The molecule has 0 saturated heterocycles. The second-order valence-corrected chi connectivity index (χ2v) is 3.56. The fraction of sp³-hybridized carbons (Fsp3) is 0.111. The Morgan fingerprint density at radius 1 is 1.42 bits per heavy atom. The van der Waals surface area contributed by atoms with E-state index in [0.29, 0.717) is 0 Å². The van der Waals surface area contributed by atoms with Crippen LogP contribution in [-0.2, 0) is 0 Å². The monoisotopic (exact) mass is 176 g/mol. The Labute approximate surface area is 74.9 Å². The maximum atomic E-state index is 4.36. The second kappa shape index (κ2) is 3.03. The first-order valence-electron chi connectivity index (χ1n) is 3.69. The summed E-state index contributed by atoms with van der Waals surface area (Å²) in [6, 6.07) is 3.94. The molecule has 0 saturated carbocycles. The van der Waals surface area contributed by atoms with Crippen LogP contribution in [0.2, 0.25) is 0 Å². The molecule has 2 aromatic rings. The predicted molar refractivity (Wildman–Crippen MR) is 50.1 cm³/mol. The Bertz CT molecular complexity index is 367. The fourth-order valence-electron chi connectivity index (χ4n) is 1.01. The fourth-order valence-corrected chi connectivity index (χ4v) is 1.63. The van der Waals surface area contributed by atoms with Crippen LogP contribution in [-0.4, -0.2) is 9.97 Å². The highest BCUT2D eigenvalue weighted by atomic mass is 32.1. The van der Waals surface area contributed by atoms with E-state index in [0.717, 1.165) is 16.3 Å². The van der Waals surface area contributed by atoms with Gasteiger partial charge >= 0.3 is 0 Å². The van der Waals surface area contributed by atoms with Crippen LogP contribution in [0, 0.1) is 6.92 Å². The minimum atomic E-state index is 1.02. The van der Waals surface area contributed by atoms with E-state index in [1.54, 1.807) is 17.5 Å². The molecule has 0 bridgehead atoms. The van der Waals surface area contributed by atoms with Crippen molar-refractivity contribution < 1.29 is 0 Å². The maximum absolute atomic E-state index is 4.36. The molecule has 60 valence electrons. The molecular formula is C9H8N2S. The molecule has 0 atom stereocenters. The van der Waals surface area contributed by atoms with Crippen molar-refractivity contribution in [2.45, 2.75) is 6.92 Å². The van der Waals surface area contributed by atoms with E-state index in [2.05, 4.69) is 9.97 Å². The average Bonchev–Trinajstić information content (AvgIpc) is 2.54. The number of hydrogen-bond acceptors (Lipinski definition) is 3. The van der Waals surface area contributed by atoms with Crippen molar-refractivity contribution in [3.8, 4) is 11.3 Å². The summed E-state index contributed by atoms with van der Waals surface area (Å²) in [5, 5.41) is 3.14. The number of pyridine rings is 1. The first kappa shape index (κ1) is 7.43. The van der Waals surface area contributed by atoms with Crippen molar-refractivity contribution in [1.82, 2.24) is 9.97 Å². The summed E-state index contributed by atoms with van der Waals surface area (Å²) in [5.74, 6) is 0. The number of aromatic nitrogens is 2. The van der Waals surface area contributed by atoms with Crippen LogP contribution in [0.1, 0.15) is 5.01 Å². The van der Waals surface area contributed by atoms with E-state index in [1.165, 1.54) is 0 Å². The van der Waals surface area contributed by atoms with E-state index >= 15 is 0 Å². The lowest BCUT2D eigenvalue weighted by atomic mass is 10.2. The van der Waals surface area contributed by atoms with Gasteiger partial charge in [0.25, 0.3) is 0 Å². The lowest BCUT2D eigenvalue weighted by Crippen LogP contribution is -1.78. The Balaban J connectivity index is 2.45. The molecule has 0 aliphatic heterocycles. The van der Waals surface area contributed by atoms with Crippen molar-refractivity contribution in [1.29, 1.82) is 0 Å². The van der Waals surface area contributed by atoms with Gasteiger partial charge in [0.1, 0.15) is 0 Å². The average molecular weight is 176 g/mol. The largest absolute Gasteiger partial charge is 0.264 e. The molecule has 0 aliphatic carbocycles. The van der Waals surface area contributed by atoms with Crippen LogP contribution < -0.4 is 0 Å². The van der Waals surface area contributed by atoms with Gasteiger partial charge in [0.15, 0.2) is 0 Å². The zero-order chi connectivity index (χ0) is 8.39. The van der Waals surface area contributed by atoms with Gasteiger partial charge in [0.05, 0.1) is 10.7 Å². The van der Waals surface area contributed by atoms with Crippen molar-refractivity contribution in [2.24, 2.45) is 0 Å². The molecular weight excluding hydrogens is 168 g/mol. The third-order valence-electron chi connectivity index (χ3n) is 1.58. The summed E-state index contributed by atoms with van der Waals surface area (Å²) in [5.41, 5.74) is 2.10. The quantitative estimate of drug-likeness (QED) is 0.667. The topological polar surface area (TPSA) is 25.8 Å². The van der Waals surface area contributed by atoms with E-state index in [1.807, 2.05) is 30.6 Å². The Morgan fingerprint density at radius 2 is 2.33 bits per heavy atom. The minimum absolute atomic E-state index is 1.02. The first-order valence-corrected chi connectivity index (χ1v) is 4.57. The summed E-state index contributed by atoms with van der Waals surface area (Å²) < 4.78 is 0. The third-order valence-corrected chi connectivity index (χ3v) is 2.35. The van der Waals surface area contributed by atoms with Crippen LogP contribution in [0.3, 0.4) is 0 Å². The first-order chi connectivity index (χ1) is 5.86. The van der Waals surface area contributed by atoms with Gasteiger partial charge in [-0.1, -0.05) is 0 Å². The SMILES string of the molecule is Cc1nc(-c2cccnc2)cs1. The van der Waals surface area contributed by atoms with Gasteiger partial charge < -0.3 is 0 Å². The molecule has 2 nitrogen and oxygen atoms in total. The zero-order valence-electron chi connectivity index (χ0n) is 6.69. The van der Waals surface area contributed by atoms with Crippen molar-refractivity contribution >= 4 is 11.3 Å². The molecule has 0 aliphatic rings. The molecule has 0 amide bonds. The normalized spacial score (nSPS) is 10.1. The molecule has 0 unspecified atom stereocenters. The van der Waals surface area contributed by atoms with Crippen molar-refractivity contribution in [2.75, 3.05) is 0 Å². The van der Waals surface area contributed by atoms with Crippen LogP contribution in [0.25, 0.3) is 11.3 Å². The number of thiazole rings is 1. The predicted octanol–water partition coefficient (Wildman–Crippen LogP) is 2.51. The summed E-state index contributed by atoms with van der Waals surface area (Å²) in [6.45, 7) is 2.00. The molecule has 12 heavy (non-hydrogen) atoms. The summed E-state index contributed by atoms with van der Waals surface area (Å²) >= 11 is 1.66. The molecule has 3 heteroatoms. The van der Waals surface area contributed by atoms with Crippen LogP contribution >= 0.6 is 11.3 Å². The molecule has 2 aromatic heterocycles. The van der Waals surface area contributed by atoms with Gasteiger partial charge in [-0.05, 0) is 19.1 Å². The highest BCUT2D eigenvalue weighted by Crippen LogP contribution is 2.19. The molecule has 0 radical (unpaired) electrons. The molecule has 2 heterocycles. The number of nitrogens with zero attached hydrogens (tertiary/aromatic N) is 2. The molecule has 0 aromatic carbocycles. The van der Waals surface area contributed by atoms with Crippen molar-refractivity contribution in [3.05, 3.63) is 34.9 Å². The molecule has 0 spiro atoms. The standard InChI is InChI=1S/C9H8N2S/c1-7-11-9(6-12-7)8-3-2-4-10-5-8/h2-6H,1H3.